The van der Waals surface area contributed by atoms with Gasteiger partial charge < -0.3 is 19.5 Å². The number of nitrogens with zero attached hydrogens (tertiary/aromatic N) is 2. The quantitative estimate of drug-likeness (QED) is 0.622. The molecule has 0 unspecified atom stereocenters. The number of amides is 3. The van der Waals surface area contributed by atoms with E-state index in [1.165, 1.54) is 16.8 Å². The Labute approximate surface area is 188 Å². The van der Waals surface area contributed by atoms with E-state index in [0.717, 1.165) is 29.5 Å². The molecular formula is C22H22N4O5S. The number of carbonyl (C=O) groups is 2. The van der Waals surface area contributed by atoms with Gasteiger partial charge in [0.05, 0.1) is 5.39 Å². The van der Waals surface area contributed by atoms with Crippen molar-refractivity contribution in [3.63, 3.8) is 0 Å². The normalized spacial score (nSPS) is 16.8. The predicted octanol–water partition coefficient (Wildman–Crippen LogP) is 3.31. The number of ether oxygens (including phenoxy) is 3. The molecule has 1 aliphatic carbocycles. The number of benzene rings is 1. The fraction of sp³-hybridized carbons (Fsp3) is 0.364. The van der Waals surface area contributed by atoms with Crippen molar-refractivity contribution in [2.45, 2.75) is 26.2 Å². The molecule has 0 bridgehead atoms. The Morgan fingerprint density at radius 3 is 2.94 bits per heavy atom. The van der Waals surface area contributed by atoms with Crippen molar-refractivity contribution in [3.8, 4) is 17.4 Å². The second-order valence-corrected chi connectivity index (χ2v) is 8.94. The first-order chi connectivity index (χ1) is 15.6. The number of aryl methyl sites for hydroxylation is 1. The highest BCUT2D eigenvalue weighted by molar-refractivity contribution is 7.18. The number of imide groups is 1. The Balaban J connectivity index is 1.21. The summed E-state index contributed by atoms with van der Waals surface area (Å²) in [6.45, 7) is 2.85. The summed E-state index contributed by atoms with van der Waals surface area (Å²) in [7, 11) is 0. The minimum Gasteiger partial charge on any atom is -0.486 e. The van der Waals surface area contributed by atoms with Crippen LogP contribution in [0.2, 0.25) is 0 Å². The average molecular weight is 455 g/mol. The number of aromatic nitrogens is 2. The van der Waals surface area contributed by atoms with Gasteiger partial charge in [0, 0.05) is 16.6 Å². The summed E-state index contributed by atoms with van der Waals surface area (Å²) in [4.78, 5) is 35.3. The molecule has 0 saturated carbocycles. The number of thiophene rings is 1. The number of anilines is 1. The fourth-order valence-electron chi connectivity index (χ4n) is 3.94. The summed E-state index contributed by atoms with van der Waals surface area (Å²) in [5, 5.41) is 5.75. The zero-order chi connectivity index (χ0) is 22.1. The molecule has 1 aliphatic heterocycles. The van der Waals surface area contributed by atoms with Gasteiger partial charge in [0.2, 0.25) is 5.88 Å². The third-order valence-corrected chi connectivity index (χ3v) is 6.61. The monoisotopic (exact) mass is 454 g/mol. The first-order valence-electron chi connectivity index (χ1n) is 10.5. The molecule has 166 valence electrons. The molecule has 5 rings (SSSR count). The summed E-state index contributed by atoms with van der Waals surface area (Å²) in [6.07, 6.45) is 4.52. The number of carbonyl (C=O) groups excluding carboxylic acids is 2. The number of fused-ring (bicyclic) bond motifs is 4. The highest BCUT2D eigenvalue weighted by Gasteiger charge is 2.24. The number of rotatable bonds is 4. The van der Waals surface area contributed by atoms with Crippen molar-refractivity contribution in [2.24, 2.45) is 5.92 Å². The summed E-state index contributed by atoms with van der Waals surface area (Å²) in [5.41, 5.74) is 1.70. The van der Waals surface area contributed by atoms with Gasteiger partial charge >= 0.3 is 6.03 Å². The van der Waals surface area contributed by atoms with Crippen molar-refractivity contribution >= 4 is 39.2 Å². The van der Waals surface area contributed by atoms with Crippen LogP contribution in [0.25, 0.3) is 10.2 Å². The SMILES string of the molecule is C[C@@H]1CCc2c(sc3ncnc(OCC(=O)NC(=O)Nc4ccc5c(c4)OCCO5)c23)C1. The minimum absolute atomic E-state index is 0.332. The first kappa shape index (κ1) is 20.5. The first-order valence-corrected chi connectivity index (χ1v) is 11.3. The Morgan fingerprint density at radius 1 is 1.22 bits per heavy atom. The summed E-state index contributed by atoms with van der Waals surface area (Å²) < 4.78 is 16.6. The third kappa shape index (κ3) is 4.18. The van der Waals surface area contributed by atoms with E-state index in [2.05, 4.69) is 27.5 Å². The molecule has 0 radical (unpaired) electrons. The molecule has 0 fully saturated rings. The lowest BCUT2D eigenvalue weighted by Crippen LogP contribution is -2.37. The highest BCUT2D eigenvalue weighted by atomic mass is 32.1. The molecular weight excluding hydrogens is 432 g/mol. The van der Waals surface area contributed by atoms with Crippen LogP contribution in [0.15, 0.2) is 24.5 Å². The minimum atomic E-state index is -0.662. The van der Waals surface area contributed by atoms with Crippen LogP contribution in [0.5, 0.6) is 17.4 Å². The van der Waals surface area contributed by atoms with Gasteiger partial charge in [-0.3, -0.25) is 10.1 Å². The van der Waals surface area contributed by atoms with Crippen LogP contribution < -0.4 is 24.8 Å². The Morgan fingerprint density at radius 2 is 2.06 bits per heavy atom. The molecule has 2 N–H and O–H groups in total. The number of nitrogens with one attached hydrogen (secondary N) is 2. The lowest BCUT2D eigenvalue weighted by Gasteiger charge is -2.19. The van der Waals surface area contributed by atoms with Gasteiger partial charge in [0.1, 0.15) is 24.4 Å². The van der Waals surface area contributed by atoms with E-state index in [-0.39, 0.29) is 6.61 Å². The van der Waals surface area contributed by atoms with Crippen molar-refractivity contribution < 1.29 is 23.8 Å². The van der Waals surface area contributed by atoms with Gasteiger partial charge in [-0.25, -0.2) is 14.8 Å². The highest BCUT2D eigenvalue weighted by Crippen LogP contribution is 2.40. The zero-order valence-corrected chi connectivity index (χ0v) is 18.3. The molecule has 3 amide bonds. The molecule has 0 spiro atoms. The van der Waals surface area contributed by atoms with E-state index in [9.17, 15) is 9.59 Å². The van der Waals surface area contributed by atoms with E-state index in [1.807, 2.05) is 0 Å². The Bertz CT molecular complexity index is 1190. The largest absolute Gasteiger partial charge is 0.486 e. The van der Waals surface area contributed by atoms with Gasteiger partial charge in [-0.15, -0.1) is 11.3 Å². The summed E-state index contributed by atoms with van der Waals surface area (Å²) in [6, 6.07) is 4.36. The molecule has 3 heterocycles. The second kappa shape index (κ2) is 8.62. The molecule has 9 nitrogen and oxygen atoms in total. The van der Waals surface area contributed by atoms with E-state index < -0.39 is 11.9 Å². The molecule has 2 aromatic heterocycles. The van der Waals surface area contributed by atoms with E-state index in [1.54, 1.807) is 29.5 Å². The van der Waals surface area contributed by atoms with E-state index >= 15 is 0 Å². The summed E-state index contributed by atoms with van der Waals surface area (Å²) in [5.74, 6) is 1.61. The molecule has 3 aromatic rings. The topological polar surface area (TPSA) is 112 Å². The van der Waals surface area contributed by atoms with Crippen LogP contribution in [0, 0.1) is 5.92 Å². The van der Waals surface area contributed by atoms with Gasteiger partial charge in [0.15, 0.2) is 18.1 Å². The molecule has 32 heavy (non-hydrogen) atoms. The average Bonchev–Trinajstić information content (AvgIpc) is 3.15. The molecule has 2 aliphatic rings. The number of hydrogen-bond acceptors (Lipinski definition) is 8. The molecule has 0 saturated heterocycles. The van der Waals surface area contributed by atoms with Crippen LogP contribution in [-0.2, 0) is 17.6 Å². The lowest BCUT2D eigenvalue weighted by atomic mass is 9.89. The van der Waals surface area contributed by atoms with Crippen molar-refractivity contribution in [3.05, 3.63) is 35.0 Å². The fourth-order valence-corrected chi connectivity index (χ4v) is 5.28. The maximum atomic E-state index is 12.3. The van der Waals surface area contributed by atoms with Crippen molar-refractivity contribution in [2.75, 3.05) is 25.1 Å². The van der Waals surface area contributed by atoms with Crippen molar-refractivity contribution in [1.29, 1.82) is 0 Å². The van der Waals surface area contributed by atoms with Crippen molar-refractivity contribution in [1.82, 2.24) is 15.3 Å². The van der Waals surface area contributed by atoms with Crippen LogP contribution in [0.3, 0.4) is 0 Å². The van der Waals surface area contributed by atoms with Gasteiger partial charge in [-0.2, -0.15) is 0 Å². The Hall–Kier alpha value is -3.40. The van der Waals surface area contributed by atoms with E-state index in [0.29, 0.717) is 42.2 Å². The smallest absolute Gasteiger partial charge is 0.325 e. The van der Waals surface area contributed by atoms with Gasteiger partial charge in [-0.05, 0) is 42.9 Å². The molecule has 10 heteroatoms. The summed E-state index contributed by atoms with van der Waals surface area (Å²) >= 11 is 1.66. The molecule has 1 aromatic carbocycles. The second-order valence-electron chi connectivity index (χ2n) is 7.86. The van der Waals surface area contributed by atoms with Gasteiger partial charge in [-0.1, -0.05) is 6.92 Å². The third-order valence-electron chi connectivity index (χ3n) is 5.45. The van der Waals surface area contributed by atoms with Crippen LogP contribution in [0.4, 0.5) is 10.5 Å². The van der Waals surface area contributed by atoms with Crippen LogP contribution >= 0.6 is 11.3 Å². The van der Waals surface area contributed by atoms with Gasteiger partial charge in [0.25, 0.3) is 5.91 Å². The number of urea groups is 1. The maximum Gasteiger partial charge on any atom is 0.325 e. The molecule has 1 atom stereocenters. The maximum absolute atomic E-state index is 12.3. The Kier molecular flexibility index (Phi) is 5.52. The van der Waals surface area contributed by atoms with Crippen LogP contribution in [0.1, 0.15) is 23.8 Å². The predicted molar refractivity (Wildman–Crippen MR) is 119 cm³/mol. The van der Waals surface area contributed by atoms with E-state index in [4.69, 9.17) is 14.2 Å². The number of hydrogen-bond donors (Lipinski definition) is 2. The standard InChI is InChI=1S/C22H22N4O5S/c1-12-2-4-14-17(8-12)32-21-19(14)20(23-11-24-21)31-10-18(27)26-22(28)25-13-3-5-15-16(9-13)30-7-6-29-15/h3,5,9,11-12H,2,4,6-8,10H2,1H3,(H2,25,26,27,28)/t12-/m1/s1. The zero-order valence-electron chi connectivity index (χ0n) is 17.5. The lowest BCUT2D eigenvalue weighted by molar-refractivity contribution is -0.121. The van der Waals surface area contributed by atoms with Crippen LogP contribution in [-0.4, -0.2) is 41.7 Å².